The smallest absolute Gasteiger partial charge is 0.332 e. The zero-order valence-electron chi connectivity index (χ0n) is 15.5. The monoisotopic (exact) mass is 376 g/mol. The van der Waals surface area contributed by atoms with Gasteiger partial charge in [0.15, 0.2) is 0 Å². The zero-order valence-corrected chi connectivity index (χ0v) is 16.4. The fourth-order valence-corrected chi connectivity index (χ4v) is 3.69. The maximum Gasteiger partial charge on any atom is 0.332 e. The molecular weight excluding hydrogens is 352 g/mol. The highest BCUT2D eigenvalue weighted by Crippen LogP contribution is 2.29. The van der Waals surface area contributed by atoms with E-state index < -0.39 is 11.2 Å². The number of rotatable bonds is 7. The number of nitrogens with one attached hydrogen (secondary N) is 1. The van der Waals surface area contributed by atoms with Gasteiger partial charge in [0.1, 0.15) is 5.65 Å². The standard InChI is InChI=1S/C18H24N4O3S/c1-6-7-19-13(23)10-26-15-12(8-11(2)3)9-20-16-14(15)17(24)22(5)18(25)21(16)4/h6,9,11H,1,7-8,10H2,2-5H3,(H,19,23). The molecule has 0 aliphatic carbocycles. The van der Waals surface area contributed by atoms with E-state index in [2.05, 4.69) is 30.7 Å². The van der Waals surface area contributed by atoms with Crippen molar-refractivity contribution in [2.75, 3.05) is 12.3 Å². The van der Waals surface area contributed by atoms with E-state index in [1.165, 1.54) is 23.4 Å². The highest BCUT2D eigenvalue weighted by atomic mass is 32.2. The van der Waals surface area contributed by atoms with Gasteiger partial charge in [0.05, 0.1) is 11.1 Å². The van der Waals surface area contributed by atoms with Crippen molar-refractivity contribution >= 4 is 28.7 Å². The predicted molar refractivity (Wildman–Crippen MR) is 105 cm³/mol. The Bertz CT molecular complexity index is 960. The fraction of sp³-hybridized carbons (Fsp3) is 0.444. The van der Waals surface area contributed by atoms with Crippen LogP contribution in [0.15, 0.2) is 33.3 Å². The molecule has 2 aromatic heterocycles. The quantitative estimate of drug-likeness (QED) is 0.580. The Morgan fingerprint density at radius 2 is 2.04 bits per heavy atom. The number of nitrogens with zero attached hydrogens (tertiary/aromatic N) is 3. The number of aryl methyl sites for hydroxylation is 1. The molecule has 0 spiro atoms. The van der Waals surface area contributed by atoms with Gasteiger partial charge in [0.2, 0.25) is 5.91 Å². The van der Waals surface area contributed by atoms with Crippen LogP contribution in [0.1, 0.15) is 19.4 Å². The van der Waals surface area contributed by atoms with Gasteiger partial charge in [0, 0.05) is 31.7 Å². The summed E-state index contributed by atoms with van der Waals surface area (Å²) in [5.74, 6) is 0.390. The minimum atomic E-state index is -0.425. The molecule has 1 amide bonds. The van der Waals surface area contributed by atoms with Crippen LogP contribution in [0.25, 0.3) is 11.0 Å². The van der Waals surface area contributed by atoms with Crippen molar-refractivity contribution in [3.8, 4) is 0 Å². The minimum absolute atomic E-state index is 0.142. The van der Waals surface area contributed by atoms with Crippen LogP contribution in [0.2, 0.25) is 0 Å². The maximum atomic E-state index is 12.8. The summed E-state index contributed by atoms with van der Waals surface area (Å²) < 4.78 is 2.43. The number of fused-ring (bicyclic) bond motifs is 1. The second-order valence-electron chi connectivity index (χ2n) is 6.50. The molecule has 140 valence electrons. The molecule has 26 heavy (non-hydrogen) atoms. The molecule has 0 unspecified atom stereocenters. The normalized spacial score (nSPS) is 11.1. The largest absolute Gasteiger partial charge is 0.352 e. The van der Waals surface area contributed by atoms with Crippen LogP contribution in [-0.2, 0) is 25.3 Å². The van der Waals surface area contributed by atoms with Gasteiger partial charge >= 0.3 is 5.69 Å². The van der Waals surface area contributed by atoms with Crippen LogP contribution >= 0.6 is 11.8 Å². The van der Waals surface area contributed by atoms with Gasteiger partial charge < -0.3 is 5.32 Å². The van der Waals surface area contributed by atoms with Crippen LogP contribution < -0.4 is 16.6 Å². The second kappa shape index (κ2) is 8.35. The topological polar surface area (TPSA) is 86.0 Å². The Labute approximate surface area is 156 Å². The van der Waals surface area contributed by atoms with Crippen molar-refractivity contribution in [2.45, 2.75) is 25.2 Å². The molecule has 0 aromatic carbocycles. The van der Waals surface area contributed by atoms with E-state index in [-0.39, 0.29) is 11.7 Å². The molecule has 0 aliphatic heterocycles. The summed E-state index contributed by atoms with van der Waals surface area (Å²) in [6, 6.07) is 0. The third kappa shape index (κ3) is 4.07. The Hall–Kier alpha value is -2.35. The van der Waals surface area contributed by atoms with Crippen molar-refractivity contribution in [2.24, 2.45) is 20.0 Å². The molecular formula is C18H24N4O3S. The fourth-order valence-electron chi connectivity index (χ4n) is 2.67. The van der Waals surface area contributed by atoms with Crippen molar-refractivity contribution in [1.82, 2.24) is 19.4 Å². The lowest BCUT2D eigenvalue weighted by Crippen LogP contribution is -2.37. The maximum absolute atomic E-state index is 12.8. The van der Waals surface area contributed by atoms with E-state index in [4.69, 9.17) is 0 Å². The van der Waals surface area contributed by atoms with E-state index in [0.717, 1.165) is 16.6 Å². The van der Waals surface area contributed by atoms with E-state index in [9.17, 15) is 14.4 Å². The number of thioether (sulfide) groups is 1. The number of hydrogen-bond donors (Lipinski definition) is 1. The first-order valence-electron chi connectivity index (χ1n) is 8.35. The lowest BCUT2D eigenvalue weighted by Gasteiger charge is -2.15. The molecule has 2 aromatic rings. The van der Waals surface area contributed by atoms with Crippen LogP contribution in [0.5, 0.6) is 0 Å². The number of pyridine rings is 1. The molecule has 0 radical (unpaired) electrons. The van der Waals surface area contributed by atoms with Crippen molar-refractivity contribution in [1.29, 1.82) is 0 Å². The molecule has 2 heterocycles. The Kier molecular flexibility index (Phi) is 6.42. The van der Waals surface area contributed by atoms with Gasteiger partial charge in [-0.25, -0.2) is 9.78 Å². The number of carbonyl (C=O) groups excluding carboxylic acids is 1. The molecule has 2 rings (SSSR count). The molecule has 8 heteroatoms. The van der Waals surface area contributed by atoms with Crippen molar-refractivity contribution in [3.05, 3.63) is 45.3 Å². The average molecular weight is 376 g/mol. The summed E-state index contributed by atoms with van der Waals surface area (Å²) in [6.07, 6.45) is 4.04. The summed E-state index contributed by atoms with van der Waals surface area (Å²) in [6.45, 7) is 8.12. The molecule has 0 saturated heterocycles. The van der Waals surface area contributed by atoms with E-state index in [1.807, 2.05) is 0 Å². The minimum Gasteiger partial charge on any atom is -0.352 e. The third-order valence-corrected chi connectivity index (χ3v) is 5.08. The van der Waals surface area contributed by atoms with Crippen LogP contribution in [0.4, 0.5) is 0 Å². The SMILES string of the molecule is C=CCNC(=O)CSc1c(CC(C)C)cnc2c1c(=O)n(C)c(=O)n2C. The first-order valence-corrected chi connectivity index (χ1v) is 9.34. The van der Waals surface area contributed by atoms with Crippen LogP contribution in [0, 0.1) is 5.92 Å². The first kappa shape index (κ1) is 20.0. The molecule has 0 saturated carbocycles. The Morgan fingerprint density at radius 3 is 2.65 bits per heavy atom. The van der Waals surface area contributed by atoms with Gasteiger partial charge in [-0.1, -0.05) is 19.9 Å². The number of amides is 1. The van der Waals surface area contributed by atoms with E-state index in [0.29, 0.717) is 28.4 Å². The van der Waals surface area contributed by atoms with Gasteiger partial charge in [-0.05, 0) is 17.9 Å². The lowest BCUT2D eigenvalue weighted by atomic mass is 10.0. The first-order chi connectivity index (χ1) is 12.3. The van der Waals surface area contributed by atoms with Crippen LogP contribution in [-0.4, -0.2) is 32.3 Å². The summed E-state index contributed by atoms with van der Waals surface area (Å²) in [5.41, 5.74) is 0.422. The van der Waals surface area contributed by atoms with Gasteiger partial charge in [-0.3, -0.25) is 18.7 Å². The molecule has 0 atom stereocenters. The van der Waals surface area contributed by atoms with Crippen molar-refractivity contribution < 1.29 is 4.79 Å². The zero-order chi connectivity index (χ0) is 19.4. The highest BCUT2D eigenvalue weighted by Gasteiger charge is 2.19. The number of hydrogen-bond acceptors (Lipinski definition) is 5. The number of aromatic nitrogens is 3. The van der Waals surface area contributed by atoms with Gasteiger partial charge in [-0.2, -0.15) is 0 Å². The van der Waals surface area contributed by atoms with Gasteiger partial charge in [0.25, 0.3) is 5.56 Å². The summed E-state index contributed by atoms with van der Waals surface area (Å²) >= 11 is 1.30. The highest BCUT2D eigenvalue weighted by molar-refractivity contribution is 8.00. The number of carbonyl (C=O) groups is 1. The molecule has 1 N–H and O–H groups in total. The summed E-state index contributed by atoms with van der Waals surface area (Å²) in [5, 5.41) is 3.11. The Balaban J connectivity index is 2.62. The second-order valence-corrected chi connectivity index (χ2v) is 7.48. The van der Waals surface area contributed by atoms with E-state index >= 15 is 0 Å². The summed E-state index contributed by atoms with van der Waals surface area (Å²) in [4.78, 5) is 42.0. The van der Waals surface area contributed by atoms with Gasteiger partial charge in [-0.15, -0.1) is 18.3 Å². The molecule has 0 bridgehead atoms. The third-order valence-electron chi connectivity index (χ3n) is 3.91. The molecule has 0 fully saturated rings. The van der Waals surface area contributed by atoms with E-state index in [1.54, 1.807) is 19.3 Å². The van der Waals surface area contributed by atoms with Crippen molar-refractivity contribution in [3.63, 3.8) is 0 Å². The molecule has 7 nitrogen and oxygen atoms in total. The predicted octanol–water partition coefficient (Wildman–Crippen LogP) is 1.22. The average Bonchev–Trinajstić information content (AvgIpc) is 2.60. The van der Waals surface area contributed by atoms with Crippen LogP contribution in [0.3, 0.4) is 0 Å². The molecule has 0 aliphatic rings. The lowest BCUT2D eigenvalue weighted by molar-refractivity contribution is -0.118. The Morgan fingerprint density at radius 1 is 1.35 bits per heavy atom. The summed E-state index contributed by atoms with van der Waals surface area (Å²) in [7, 11) is 3.04.